The summed E-state index contributed by atoms with van der Waals surface area (Å²) in [4.78, 5) is 2.17. The average Bonchev–Trinajstić information content (AvgIpc) is 2.45. The third-order valence-corrected chi connectivity index (χ3v) is 34.7. The van der Waals surface area contributed by atoms with Crippen LogP contribution in [0.5, 0.6) is 0 Å². The Hall–Kier alpha value is 1.27. The molecule has 0 nitrogen and oxygen atoms in total. The minimum atomic E-state index is -3.22. The third-order valence-electron chi connectivity index (χ3n) is 1.87. The van der Waals surface area contributed by atoms with Crippen LogP contribution in [0.4, 0.5) is 0 Å². The summed E-state index contributed by atoms with van der Waals surface area (Å²) in [6, 6.07) is 8.24. The van der Waals surface area contributed by atoms with Crippen molar-refractivity contribution in [1.82, 2.24) is 0 Å². The molecule has 1 unspecified atom stereocenters. The van der Waals surface area contributed by atoms with Crippen molar-refractivity contribution in [3.8, 4) is 0 Å². The van der Waals surface area contributed by atoms with Crippen molar-refractivity contribution < 1.29 is 14.1 Å². The third kappa shape index (κ3) is 2.27. The first kappa shape index (κ1) is 10.8. The predicted octanol–water partition coefficient (Wildman–Crippen LogP) is 3.07. The molecule has 5 heteroatoms. The zero-order valence-electron chi connectivity index (χ0n) is 6.55. The van der Waals surface area contributed by atoms with Crippen molar-refractivity contribution >= 4 is 46.8 Å². The van der Waals surface area contributed by atoms with E-state index in [0.29, 0.717) is 0 Å². The minimum absolute atomic E-state index is 1.26. The number of hydrogen-bond acceptors (Lipinski definition) is 0. The van der Waals surface area contributed by atoms with Gasteiger partial charge in [0, 0.05) is 0 Å². The summed E-state index contributed by atoms with van der Waals surface area (Å²) in [6.07, 6.45) is 2.11. The molecule has 1 aromatic rings. The Kier molecular flexibility index (Phi) is 3.34. The molecular weight excluding hydrogens is 369 g/mol. The molecule has 2 rings (SSSR count). The van der Waals surface area contributed by atoms with Crippen LogP contribution in [-0.2, 0) is 14.1 Å². The summed E-state index contributed by atoms with van der Waals surface area (Å²) < 4.78 is 1.32. The van der Waals surface area contributed by atoms with Gasteiger partial charge in [-0.2, -0.15) is 0 Å². The molecule has 1 aliphatic heterocycles. The molecule has 1 aliphatic rings. The Balaban J connectivity index is 2.45. The molecule has 1 aromatic carbocycles. The molecule has 0 saturated carbocycles. The Labute approximate surface area is 94.2 Å². The van der Waals surface area contributed by atoms with Crippen molar-refractivity contribution in [3.63, 3.8) is 0 Å². The number of hydrogen-bond donors (Lipinski definition) is 0. The van der Waals surface area contributed by atoms with Gasteiger partial charge in [0.1, 0.15) is 0 Å². The van der Waals surface area contributed by atoms with Gasteiger partial charge in [0.2, 0.25) is 0 Å². The van der Waals surface area contributed by atoms with Crippen LogP contribution in [0.2, 0.25) is 0 Å². The topological polar surface area (TPSA) is 0 Å². The molecule has 0 amide bonds. The molecule has 0 aromatic heterocycles. The number of halogens is 3. The summed E-state index contributed by atoms with van der Waals surface area (Å²) in [7, 11) is 17.0. The van der Waals surface area contributed by atoms with Crippen molar-refractivity contribution in [1.29, 1.82) is 0 Å². The quantitative estimate of drug-likeness (QED) is 0.663. The van der Waals surface area contributed by atoms with E-state index in [2.05, 4.69) is 23.1 Å². The van der Waals surface area contributed by atoms with Gasteiger partial charge in [-0.15, -0.1) is 0 Å². The molecule has 68 valence electrons. The van der Waals surface area contributed by atoms with E-state index < -0.39 is 24.9 Å². The second kappa shape index (κ2) is 4.03. The van der Waals surface area contributed by atoms with Gasteiger partial charge in [-0.3, -0.25) is 0 Å². The van der Waals surface area contributed by atoms with Gasteiger partial charge in [-0.25, -0.2) is 0 Å². The van der Waals surface area contributed by atoms with Gasteiger partial charge in [0.15, 0.2) is 0 Å². The first-order valence-electron chi connectivity index (χ1n) is 3.72. The Bertz CT molecular complexity index is 359. The monoisotopic (exact) mass is 372 g/mol. The fraction of sp³-hybridized carbons (Fsp3) is 0. The van der Waals surface area contributed by atoms with E-state index in [1.54, 1.807) is 0 Å². The summed E-state index contributed by atoms with van der Waals surface area (Å²) in [5.74, 6) is 0. The molecular formula is C8H6AsCl3Zr. The molecule has 0 spiro atoms. The SMILES string of the molecule is [Cl][Zr]([Cl])([Cl])[As]1C=Cc2ccccc21. The van der Waals surface area contributed by atoms with Crippen molar-refractivity contribution in [2.45, 2.75) is 0 Å². The van der Waals surface area contributed by atoms with Crippen molar-refractivity contribution in [2.24, 2.45) is 0 Å². The molecule has 0 saturated heterocycles. The molecule has 1 atom stereocenters. The van der Waals surface area contributed by atoms with E-state index >= 15 is 0 Å². The Morgan fingerprint density at radius 1 is 1.08 bits per heavy atom. The molecule has 0 radical (unpaired) electrons. The second-order valence-corrected chi connectivity index (χ2v) is 46.4. The molecule has 0 N–H and O–H groups in total. The number of benzene rings is 1. The van der Waals surface area contributed by atoms with Gasteiger partial charge in [0.05, 0.1) is 0 Å². The van der Waals surface area contributed by atoms with Gasteiger partial charge in [-0.05, 0) is 0 Å². The van der Waals surface area contributed by atoms with Crippen LogP contribution in [0.25, 0.3) is 6.08 Å². The zero-order chi connectivity index (χ0) is 9.47. The molecule has 0 fully saturated rings. The first-order chi connectivity index (χ1) is 6.09. The normalized spacial score (nSPS) is 20.4. The summed E-state index contributed by atoms with van der Waals surface area (Å²) >= 11 is -3.22. The second-order valence-electron chi connectivity index (χ2n) is 2.71. The van der Waals surface area contributed by atoms with Crippen molar-refractivity contribution in [2.75, 3.05) is 0 Å². The van der Waals surface area contributed by atoms with Gasteiger partial charge in [0.25, 0.3) is 0 Å². The van der Waals surface area contributed by atoms with Crippen LogP contribution in [-0.4, -0.2) is 10.8 Å². The summed E-state index contributed by atoms with van der Waals surface area (Å²) in [5, 5.41) is 0. The van der Waals surface area contributed by atoms with E-state index in [9.17, 15) is 0 Å². The van der Waals surface area contributed by atoms with E-state index in [1.165, 1.54) is 9.91 Å². The van der Waals surface area contributed by atoms with Crippen molar-refractivity contribution in [3.05, 3.63) is 34.7 Å². The van der Waals surface area contributed by atoms with E-state index in [0.717, 1.165) is 0 Å². The van der Waals surface area contributed by atoms with E-state index in [-0.39, 0.29) is 0 Å². The van der Waals surface area contributed by atoms with Crippen LogP contribution in [0.1, 0.15) is 5.56 Å². The average molecular weight is 375 g/mol. The van der Waals surface area contributed by atoms with Crippen LogP contribution in [0, 0.1) is 0 Å². The maximum atomic E-state index is 6.12. The fourth-order valence-corrected chi connectivity index (χ4v) is 27.4. The Morgan fingerprint density at radius 2 is 1.77 bits per heavy atom. The number of fused-ring (bicyclic) bond motifs is 1. The van der Waals surface area contributed by atoms with Crippen LogP contribution < -0.4 is 4.35 Å². The standard InChI is InChI=1S/C8H6As.3ClH.Zr/c1-2-4-8-7(3-1)5-6-9-8;;;;/h1-6H;3*1H;/q-1;;;;+4/p-3. The molecule has 0 aliphatic carbocycles. The predicted molar refractivity (Wildman–Crippen MR) is 58.4 cm³/mol. The van der Waals surface area contributed by atoms with Crippen LogP contribution in [0.3, 0.4) is 0 Å². The van der Waals surface area contributed by atoms with Gasteiger partial charge in [-0.1, -0.05) is 0 Å². The Morgan fingerprint density at radius 3 is 2.46 bits per heavy atom. The molecule has 1 heterocycles. The summed E-state index contributed by atoms with van der Waals surface area (Å²) in [6.45, 7) is 0. The number of rotatable bonds is 1. The van der Waals surface area contributed by atoms with Gasteiger partial charge >= 0.3 is 95.6 Å². The molecule has 13 heavy (non-hydrogen) atoms. The zero-order valence-corrected chi connectivity index (χ0v) is 13.1. The van der Waals surface area contributed by atoms with E-state index in [1.807, 2.05) is 12.1 Å². The van der Waals surface area contributed by atoms with E-state index in [4.69, 9.17) is 25.5 Å². The first-order valence-corrected chi connectivity index (χ1v) is 21.9. The fourth-order valence-electron chi connectivity index (χ4n) is 1.30. The molecule has 0 bridgehead atoms. The van der Waals surface area contributed by atoms with Crippen LogP contribution in [0.15, 0.2) is 29.1 Å². The summed E-state index contributed by atoms with van der Waals surface area (Å²) in [5.41, 5.74) is 1.26. The van der Waals surface area contributed by atoms with Gasteiger partial charge < -0.3 is 0 Å². The van der Waals surface area contributed by atoms with Crippen LogP contribution >= 0.6 is 25.5 Å². The maximum absolute atomic E-state index is 6.12.